The summed E-state index contributed by atoms with van der Waals surface area (Å²) >= 11 is 7.91. The number of nitrogens with one attached hydrogen (secondary N) is 1. The standard InChI is InChI=1S/C27H24ClN5O2S/c1-4-32-15-18(16(2)31-32)14-22-26(35)33-24(20-12-8-9-13-21(20)28)23(17(3)29-27(33)36-22)25(34)30-19-10-6-5-7-11-19/h5-15,24H,4H2,1-3H3,(H,30,34). The summed E-state index contributed by atoms with van der Waals surface area (Å²) in [6.07, 6.45) is 3.76. The Morgan fingerprint density at radius 3 is 2.56 bits per heavy atom. The van der Waals surface area contributed by atoms with Crippen LogP contribution in [-0.2, 0) is 11.3 Å². The molecule has 0 bridgehead atoms. The lowest BCUT2D eigenvalue weighted by atomic mass is 9.95. The summed E-state index contributed by atoms with van der Waals surface area (Å²) in [5.41, 5.74) is 3.70. The Hall–Kier alpha value is -3.75. The maximum atomic E-state index is 13.8. The van der Waals surface area contributed by atoms with Gasteiger partial charge in [0.2, 0.25) is 0 Å². The van der Waals surface area contributed by atoms with Gasteiger partial charge in [-0.2, -0.15) is 5.10 Å². The van der Waals surface area contributed by atoms with Crippen molar-refractivity contribution < 1.29 is 4.79 Å². The zero-order valence-electron chi connectivity index (χ0n) is 20.0. The molecule has 0 saturated carbocycles. The van der Waals surface area contributed by atoms with Crippen molar-refractivity contribution in [3.63, 3.8) is 0 Å². The summed E-state index contributed by atoms with van der Waals surface area (Å²) in [7, 11) is 0. The third-order valence-corrected chi connectivity index (χ3v) is 7.42. The van der Waals surface area contributed by atoms with Crippen molar-refractivity contribution in [2.75, 3.05) is 5.32 Å². The highest BCUT2D eigenvalue weighted by molar-refractivity contribution is 7.07. The van der Waals surface area contributed by atoms with Gasteiger partial charge in [-0.25, -0.2) is 4.99 Å². The van der Waals surface area contributed by atoms with Gasteiger partial charge in [-0.3, -0.25) is 18.8 Å². The van der Waals surface area contributed by atoms with Gasteiger partial charge in [0.15, 0.2) is 4.80 Å². The Kier molecular flexibility index (Phi) is 6.47. The van der Waals surface area contributed by atoms with E-state index in [9.17, 15) is 9.59 Å². The number of nitrogens with zero attached hydrogens (tertiary/aromatic N) is 4. The molecule has 0 fully saturated rings. The van der Waals surface area contributed by atoms with Crippen molar-refractivity contribution in [1.29, 1.82) is 0 Å². The molecule has 7 nitrogen and oxygen atoms in total. The molecule has 2 aromatic carbocycles. The van der Waals surface area contributed by atoms with Crippen molar-refractivity contribution in [2.24, 2.45) is 4.99 Å². The van der Waals surface area contributed by atoms with Gasteiger partial charge < -0.3 is 5.32 Å². The minimum absolute atomic E-state index is 0.232. The van der Waals surface area contributed by atoms with Gasteiger partial charge in [0, 0.05) is 29.0 Å². The lowest BCUT2D eigenvalue weighted by Crippen LogP contribution is -2.40. The van der Waals surface area contributed by atoms with Gasteiger partial charge in [0.05, 0.1) is 27.5 Å². The van der Waals surface area contributed by atoms with Gasteiger partial charge in [-0.05, 0) is 50.6 Å². The lowest BCUT2D eigenvalue weighted by molar-refractivity contribution is -0.113. The molecule has 1 amide bonds. The van der Waals surface area contributed by atoms with Crippen LogP contribution in [0.5, 0.6) is 0 Å². The molecule has 1 aliphatic rings. The van der Waals surface area contributed by atoms with Crippen LogP contribution in [0.15, 0.2) is 81.9 Å². The Labute approximate surface area is 216 Å². The van der Waals surface area contributed by atoms with Crippen molar-refractivity contribution in [3.05, 3.63) is 114 Å². The molecular formula is C27H24ClN5O2S. The van der Waals surface area contributed by atoms with Gasteiger partial charge in [0.1, 0.15) is 0 Å². The molecule has 1 unspecified atom stereocenters. The predicted molar refractivity (Wildman–Crippen MR) is 143 cm³/mol. The number of anilines is 1. The average Bonchev–Trinajstić information content (AvgIpc) is 3.37. The number of halogens is 1. The van der Waals surface area contributed by atoms with Crippen LogP contribution in [0.1, 0.15) is 36.7 Å². The normalized spacial score (nSPS) is 15.6. The smallest absolute Gasteiger partial charge is 0.271 e. The molecule has 1 N–H and O–H groups in total. The molecule has 4 aromatic rings. The van der Waals surface area contributed by atoms with Crippen molar-refractivity contribution >= 4 is 40.6 Å². The summed E-state index contributed by atoms with van der Waals surface area (Å²) < 4.78 is 3.92. The van der Waals surface area contributed by atoms with Crippen LogP contribution < -0.4 is 20.2 Å². The zero-order valence-corrected chi connectivity index (χ0v) is 21.6. The number of para-hydroxylation sites is 1. The van der Waals surface area contributed by atoms with E-state index in [0.29, 0.717) is 36.9 Å². The van der Waals surface area contributed by atoms with Crippen molar-refractivity contribution in [2.45, 2.75) is 33.4 Å². The van der Waals surface area contributed by atoms with E-state index < -0.39 is 6.04 Å². The van der Waals surface area contributed by atoms with Crippen molar-refractivity contribution in [3.8, 4) is 0 Å². The quantitative estimate of drug-likeness (QED) is 0.433. The summed E-state index contributed by atoms with van der Waals surface area (Å²) in [5, 5.41) is 7.89. The molecule has 3 heterocycles. The summed E-state index contributed by atoms with van der Waals surface area (Å²) in [6.45, 7) is 6.45. The molecule has 182 valence electrons. The minimum Gasteiger partial charge on any atom is -0.322 e. The van der Waals surface area contributed by atoms with E-state index in [0.717, 1.165) is 17.8 Å². The summed E-state index contributed by atoms with van der Waals surface area (Å²) in [5.74, 6) is -0.332. The highest BCUT2D eigenvalue weighted by Gasteiger charge is 2.33. The Bertz CT molecular complexity index is 1680. The molecule has 2 aromatic heterocycles. The van der Waals surface area contributed by atoms with E-state index in [-0.39, 0.29) is 11.5 Å². The van der Waals surface area contributed by atoms with Crippen LogP contribution in [0.3, 0.4) is 0 Å². The zero-order chi connectivity index (χ0) is 25.4. The fourth-order valence-corrected chi connectivity index (χ4v) is 5.58. The number of hydrogen-bond acceptors (Lipinski definition) is 5. The second-order valence-corrected chi connectivity index (χ2v) is 9.87. The van der Waals surface area contributed by atoms with E-state index in [1.165, 1.54) is 11.3 Å². The Morgan fingerprint density at radius 1 is 1.14 bits per heavy atom. The number of fused-ring (bicyclic) bond motifs is 1. The SMILES string of the molecule is CCn1cc(C=c2sc3n(c2=O)C(c2ccccc2Cl)C(C(=O)Nc2ccccc2)=C(C)N=3)c(C)n1. The van der Waals surface area contributed by atoms with E-state index in [1.54, 1.807) is 17.6 Å². The second-order valence-electron chi connectivity index (χ2n) is 8.45. The first-order chi connectivity index (χ1) is 17.4. The van der Waals surface area contributed by atoms with Crippen LogP contribution in [0.25, 0.3) is 6.08 Å². The van der Waals surface area contributed by atoms with Crippen LogP contribution in [0.4, 0.5) is 5.69 Å². The number of benzene rings is 2. The van der Waals surface area contributed by atoms with Gasteiger partial charge >= 0.3 is 0 Å². The molecule has 36 heavy (non-hydrogen) atoms. The fraction of sp³-hybridized carbons (Fsp3) is 0.185. The lowest BCUT2D eigenvalue weighted by Gasteiger charge is -2.26. The summed E-state index contributed by atoms with van der Waals surface area (Å²) in [6, 6.07) is 15.7. The number of carbonyl (C=O) groups excluding carboxylic acids is 1. The first-order valence-electron chi connectivity index (χ1n) is 11.5. The largest absolute Gasteiger partial charge is 0.322 e. The Morgan fingerprint density at radius 2 is 1.86 bits per heavy atom. The number of allylic oxidation sites excluding steroid dienone is 1. The molecule has 0 aliphatic carbocycles. The van der Waals surface area contributed by atoms with Crippen LogP contribution in [0, 0.1) is 6.92 Å². The molecular weight excluding hydrogens is 494 g/mol. The second kappa shape index (κ2) is 9.72. The van der Waals surface area contributed by atoms with E-state index in [1.807, 2.05) is 79.3 Å². The number of aryl methyl sites for hydroxylation is 2. The van der Waals surface area contributed by atoms with E-state index in [4.69, 9.17) is 11.6 Å². The number of aromatic nitrogens is 3. The molecule has 9 heteroatoms. The molecule has 0 saturated heterocycles. The maximum absolute atomic E-state index is 13.8. The predicted octanol–water partition coefficient (Wildman–Crippen LogP) is 4.05. The van der Waals surface area contributed by atoms with E-state index >= 15 is 0 Å². The number of rotatable bonds is 5. The number of hydrogen-bond donors (Lipinski definition) is 1. The Balaban J connectivity index is 1.70. The van der Waals surface area contributed by atoms with Gasteiger partial charge in [0.25, 0.3) is 11.5 Å². The average molecular weight is 518 g/mol. The summed E-state index contributed by atoms with van der Waals surface area (Å²) in [4.78, 5) is 32.6. The molecule has 1 aliphatic heterocycles. The first kappa shape index (κ1) is 24.0. The van der Waals surface area contributed by atoms with Crippen molar-refractivity contribution in [1.82, 2.24) is 14.3 Å². The molecule has 5 rings (SSSR count). The monoisotopic (exact) mass is 517 g/mol. The van der Waals surface area contributed by atoms with Crippen LogP contribution in [0.2, 0.25) is 5.02 Å². The number of carbonyl (C=O) groups is 1. The minimum atomic E-state index is -0.722. The van der Waals surface area contributed by atoms with Crippen LogP contribution in [-0.4, -0.2) is 20.3 Å². The van der Waals surface area contributed by atoms with E-state index in [2.05, 4.69) is 15.4 Å². The highest BCUT2D eigenvalue weighted by Crippen LogP contribution is 2.34. The third kappa shape index (κ3) is 4.34. The number of thiazole rings is 1. The topological polar surface area (TPSA) is 81.3 Å². The highest BCUT2D eigenvalue weighted by atomic mass is 35.5. The molecule has 0 spiro atoms. The first-order valence-corrected chi connectivity index (χ1v) is 12.7. The third-order valence-electron chi connectivity index (χ3n) is 6.09. The van der Waals surface area contributed by atoms with Gasteiger partial charge in [-0.1, -0.05) is 59.3 Å². The molecule has 0 radical (unpaired) electrons. The number of amides is 1. The van der Waals surface area contributed by atoms with Gasteiger partial charge in [-0.15, -0.1) is 0 Å². The fourth-order valence-electron chi connectivity index (χ4n) is 4.30. The molecule has 1 atom stereocenters. The maximum Gasteiger partial charge on any atom is 0.271 e. The van der Waals surface area contributed by atoms with Crippen LogP contribution >= 0.6 is 22.9 Å².